The number of fused-ring (bicyclic) bond motifs is 3. The second-order valence-electron chi connectivity index (χ2n) is 6.99. The Morgan fingerprint density at radius 2 is 1.93 bits per heavy atom. The van der Waals surface area contributed by atoms with E-state index in [4.69, 9.17) is 9.84 Å². The fourth-order valence-corrected chi connectivity index (χ4v) is 3.13. The van der Waals surface area contributed by atoms with E-state index in [2.05, 4.69) is 28.4 Å². The summed E-state index contributed by atoms with van der Waals surface area (Å²) in [4.78, 5) is 31.7. The molecule has 0 saturated carbocycles. The van der Waals surface area contributed by atoms with Gasteiger partial charge in [0.2, 0.25) is 0 Å². The van der Waals surface area contributed by atoms with E-state index in [9.17, 15) is 9.59 Å². The first-order valence-corrected chi connectivity index (χ1v) is 8.98. The Morgan fingerprint density at radius 1 is 1.19 bits per heavy atom. The summed E-state index contributed by atoms with van der Waals surface area (Å²) in [7, 11) is 0. The predicted octanol–water partition coefficient (Wildman–Crippen LogP) is 3.46. The van der Waals surface area contributed by atoms with Crippen molar-refractivity contribution in [3.63, 3.8) is 0 Å². The lowest BCUT2D eigenvalue weighted by Crippen LogP contribution is -2.09. The average molecular weight is 369 g/mol. The molecule has 0 bridgehead atoms. The van der Waals surface area contributed by atoms with Crippen molar-refractivity contribution in [3.8, 4) is 0 Å². The number of esters is 1. The largest absolute Gasteiger partial charge is 0.481 e. The molecule has 0 amide bonds. The summed E-state index contributed by atoms with van der Waals surface area (Å²) in [5.74, 6) is -0.249. The molecular weight excluding hydrogens is 346 g/mol. The van der Waals surface area contributed by atoms with Gasteiger partial charge in [-0.3, -0.25) is 9.59 Å². The van der Waals surface area contributed by atoms with Crippen LogP contribution in [0, 0.1) is 12.8 Å². The van der Waals surface area contributed by atoms with E-state index in [1.165, 1.54) is 0 Å². The molecule has 0 aliphatic heterocycles. The number of aromatic nitrogens is 3. The number of para-hydroxylation sites is 1. The van der Waals surface area contributed by atoms with Crippen LogP contribution in [0.1, 0.15) is 38.2 Å². The van der Waals surface area contributed by atoms with Crippen molar-refractivity contribution in [3.05, 3.63) is 35.8 Å². The highest BCUT2D eigenvalue weighted by Crippen LogP contribution is 2.28. The normalized spacial score (nSPS) is 11.4. The molecule has 1 aromatic carbocycles. The second-order valence-corrected chi connectivity index (χ2v) is 6.99. The highest BCUT2D eigenvalue weighted by Gasteiger charge is 2.18. The Balaban J connectivity index is 2.02. The lowest BCUT2D eigenvalue weighted by atomic mass is 10.1. The van der Waals surface area contributed by atoms with Crippen LogP contribution in [0.25, 0.3) is 21.9 Å². The first kappa shape index (κ1) is 18.8. The van der Waals surface area contributed by atoms with Gasteiger partial charge in [0.25, 0.3) is 0 Å². The fourth-order valence-electron chi connectivity index (χ4n) is 3.13. The Hall–Kier alpha value is -2.96. The zero-order valence-electron chi connectivity index (χ0n) is 15.7. The minimum atomic E-state index is -1.03. The number of carbonyl (C=O) groups is 2. The highest BCUT2D eigenvalue weighted by atomic mass is 16.5. The molecule has 0 saturated heterocycles. The third-order valence-corrected chi connectivity index (χ3v) is 4.31. The van der Waals surface area contributed by atoms with Crippen molar-refractivity contribution in [1.82, 2.24) is 14.5 Å². The average Bonchev–Trinajstić information content (AvgIpc) is 2.94. The third-order valence-electron chi connectivity index (χ3n) is 4.31. The van der Waals surface area contributed by atoms with Crippen LogP contribution in [0.3, 0.4) is 0 Å². The smallest absolute Gasteiger partial charge is 0.306 e. The molecule has 0 radical (unpaired) electrons. The topological polar surface area (TPSA) is 94.3 Å². The van der Waals surface area contributed by atoms with Gasteiger partial charge >= 0.3 is 11.9 Å². The first-order chi connectivity index (χ1) is 12.9. The Labute approximate surface area is 157 Å². The maximum absolute atomic E-state index is 11.8. The van der Waals surface area contributed by atoms with E-state index in [1.807, 2.05) is 31.2 Å². The number of aryl methyl sites for hydroxylation is 1. The van der Waals surface area contributed by atoms with E-state index in [0.717, 1.165) is 34.3 Å². The number of carboxylic acids is 1. The van der Waals surface area contributed by atoms with Gasteiger partial charge in [0, 0.05) is 11.9 Å². The summed E-state index contributed by atoms with van der Waals surface area (Å²) >= 11 is 0. The van der Waals surface area contributed by atoms with Crippen molar-refractivity contribution in [2.75, 3.05) is 0 Å². The van der Waals surface area contributed by atoms with Crippen LogP contribution < -0.4 is 0 Å². The first-order valence-electron chi connectivity index (χ1n) is 8.98. The number of carboxylic acid groups (broad SMARTS) is 1. The summed E-state index contributed by atoms with van der Waals surface area (Å²) < 4.78 is 7.43. The number of imidazole rings is 1. The summed E-state index contributed by atoms with van der Waals surface area (Å²) in [5, 5.41) is 9.69. The molecule has 0 spiro atoms. The van der Waals surface area contributed by atoms with Crippen LogP contribution in [0.4, 0.5) is 0 Å². The summed E-state index contributed by atoms with van der Waals surface area (Å²) in [6.07, 6.45) is -0.408. The van der Waals surface area contributed by atoms with Crippen LogP contribution in [0.2, 0.25) is 0 Å². The number of hydrogen-bond acceptors (Lipinski definition) is 5. The molecular formula is C20H23N3O4. The fraction of sp³-hybridized carbons (Fsp3) is 0.400. The van der Waals surface area contributed by atoms with Crippen molar-refractivity contribution in [1.29, 1.82) is 0 Å². The van der Waals surface area contributed by atoms with Crippen molar-refractivity contribution >= 4 is 33.9 Å². The second kappa shape index (κ2) is 7.73. The van der Waals surface area contributed by atoms with Crippen molar-refractivity contribution in [2.45, 2.75) is 46.8 Å². The summed E-state index contributed by atoms with van der Waals surface area (Å²) in [6.45, 7) is 7.06. The molecule has 0 unspecified atom stereocenters. The third kappa shape index (κ3) is 4.07. The van der Waals surface area contributed by atoms with Gasteiger partial charge in [-0.05, 0) is 18.9 Å². The molecule has 0 aliphatic rings. The summed E-state index contributed by atoms with van der Waals surface area (Å²) in [5.41, 5.74) is 3.10. The van der Waals surface area contributed by atoms with Gasteiger partial charge in [0.15, 0.2) is 0 Å². The zero-order chi connectivity index (χ0) is 19.6. The molecule has 0 aliphatic carbocycles. The van der Waals surface area contributed by atoms with E-state index in [-0.39, 0.29) is 19.4 Å². The molecule has 7 heteroatoms. The maximum Gasteiger partial charge on any atom is 0.306 e. The molecule has 3 aromatic rings. The molecule has 3 rings (SSSR count). The molecule has 27 heavy (non-hydrogen) atoms. The number of aliphatic carboxylic acids is 1. The van der Waals surface area contributed by atoms with Crippen molar-refractivity contribution < 1.29 is 19.4 Å². The van der Waals surface area contributed by atoms with E-state index in [0.29, 0.717) is 11.6 Å². The highest BCUT2D eigenvalue weighted by molar-refractivity contribution is 6.03. The molecule has 2 aromatic heterocycles. The number of nitrogens with zero attached hydrogens (tertiary/aromatic N) is 3. The number of hydrogen-bond donors (Lipinski definition) is 1. The number of carbonyl (C=O) groups excluding carboxylic acids is 1. The van der Waals surface area contributed by atoms with E-state index < -0.39 is 11.9 Å². The summed E-state index contributed by atoms with van der Waals surface area (Å²) in [6, 6.07) is 7.83. The van der Waals surface area contributed by atoms with Crippen LogP contribution in [-0.2, 0) is 27.5 Å². The van der Waals surface area contributed by atoms with Crippen molar-refractivity contribution in [2.24, 2.45) is 5.92 Å². The zero-order valence-corrected chi connectivity index (χ0v) is 15.7. The van der Waals surface area contributed by atoms with E-state index >= 15 is 0 Å². The van der Waals surface area contributed by atoms with Gasteiger partial charge in [0.05, 0.1) is 23.9 Å². The van der Waals surface area contributed by atoms with Gasteiger partial charge in [-0.1, -0.05) is 32.0 Å². The quantitative estimate of drug-likeness (QED) is 0.641. The Kier molecular flexibility index (Phi) is 5.39. The molecule has 7 nitrogen and oxygen atoms in total. The lowest BCUT2D eigenvalue weighted by Gasteiger charge is -2.12. The number of rotatable bonds is 7. The van der Waals surface area contributed by atoms with Crippen LogP contribution >= 0.6 is 0 Å². The lowest BCUT2D eigenvalue weighted by molar-refractivity contribution is -0.148. The Bertz CT molecular complexity index is 1010. The van der Waals surface area contributed by atoms with Gasteiger partial charge in [-0.25, -0.2) is 9.97 Å². The van der Waals surface area contributed by atoms with Gasteiger partial charge in [0.1, 0.15) is 23.6 Å². The van der Waals surface area contributed by atoms with Gasteiger partial charge in [-0.15, -0.1) is 0 Å². The number of pyridine rings is 1. The van der Waals surface area contributed by atoms with Crippen LogP contribution in [-0.4, -0.2) is 31.6 Å². The molecule has 0 atom stereocenters. The Morgan fingerprint density at radius 3 is 2.63 bits per heavy atom. The molecule has 1 N–H and O–H groups in total. The van der Waals surface area contributed by atoms with Gasteiger partial charge in [-0.2, -0.15) is 0 Å². The number of benzene rings is 1. The SMILES string of the molecule is Cc1nc2c(COC(=O)CCC(=O)O)nc3ccccc3c2n1CC(C)C. The van der Waals surface area contributed by atoms with E-state index in [1.54, 1.807) is 0 Å². The minimum absolute atomic E-state index is 0.0298. The standard InChI is InChI=1S/C20H23N3O4/c1-12(2)10-23-13(3)21-19-16(11-27-18(26)9-8-17(24)25)22-15-7-5-4-6-14(15)20(19)23/h4-7,12H,8-11H2,1-3H3,(H,24,25). The predicted molar refractivity (Wildman–Crippen MR) is 101 cm³/mol. The molecule has 2 heterocycles. The molecule has 0 fully saturated rings. The van der Waals surface area contributed by atoms with Gasteiger partial charge < -0.3 is 14.4 Å². The van der Waals surface area contributed by atoms with Crippen LogP contribution in [0.5, 0.6) is 0 Å². The van der Waals surface area contributed by atoms with Crippen LogP contribution in [0.15, 0.2) is 24.3 Å². The molecule has 142 valence electrons. The monoisotopic (exact) mass is 369 g/mol. The minimum Gasteiger partial charge on any atom is -0.481 e. The number of ether oxygens (including phenoxy) is 1. The maximum atomic E-state index is 11.8.